The fourth-order valence-electron chi connectivity index (χ4n) is 4.39. The Morgan fingerprint density at radius 3 is 2.43 bits per heavy atom. The number of hydrogen-bond donors (Lipinski definition) is 2. The minimum atomic E-state index is -0.999. The molecule has 1 aliphatic rings. The topological polar surface area (TPSA) is 142 Å². The van der Waals surface area contributed by atoms with Crippen LogP contribution >= 0.6 is 11.3 Å². The van der Waals surface area contributed by atoms with Crippen molar-refractivity contribution in [1.29, 1.82) is 0 Å². The summed E-state index contributed by atoms with van der Waals surface area (Å²) in [4.78, 5) is 51.2. The summed E-state index contributed by atoms with van der Waals surface area (Å²) in [5.74, 6) is -1.41. The Morgan fingerprint density at radius 2 is 1.74 bits per heavy atom. The summed E-state index contributed by atoms with van der Waals surface area (Å²) in [7, 11) is 2.97. The van der Waals surface area contributed by atoms with E-state index in [9.17, 15) is 19.2 Å². The van der Waals surface area contributed by atoms with Crippen molar-refractivity contribution in [3.8, 4) is 17.2 Å². The molecule has 0 aliphatic heterocycles. The van der Waals surface area contributed by atoms with Crippen LogP contribution in [0.25, 0.3) is 0 Å². The average Bonchev–Trinajstić information content (AvgIpc) is 3.34. The fraction of sp³-hybridized carbons (Fsp3) is 0.300. The average molecular weight is 594 g/mol. The second-order valence-electron chi connectivity index (χ2n) is 9.46. The van der Waals surface area contributed by atoms with Crippen LogP contribution in [-0.2, 0) is 27.2 Å². The van der Waals surface area contributed by atoms with Gasteiger partial charge in [-0.25, -0.2) is 15.0 Å². The minimum absolute atomic E-state index is 0.198. The van der Waals surface area contributed by atoms with E-state index in [-0.39, 0.29) is 12.2 Å². The lowest BCUT2D eigenvalue weighted by atomic mass is 9.88. The van der Waals surface area contributed by atoms with Gasteiger partial charge in [0.2, 0.25) is 0 Å². The Morgan fingerprint density at radius 1 is 1.00 bits per heavy atom. The number of methoxy groups -OCH3 is 2. The molecule has 42 heavy (non-hydrogen) atoms. The highest BCUT2D eigenvalue weighted by Crippen LogP contribution is 2.40. The van der Waals surface area contributed by atoms with Crippen molar-refractivity contribution < 1.29 is 38.1 Å². The zero-order valence-electron chi connectivity index (χ0n) is 23.6. The molecule has 12 heteroatoms. The number of carbonyl (C=O) groups is 4. The van der Waals surface area contributed by atoms with E-state index in [1.165, 1.54) is 37.8 Å². The molecule has 0 radical (unpaired) electrons. The van der Waals surface area contributed by atoms with Crippen molar-refractivity contribution in [1.82, 2.24) is 5.43 Å². The number of hydrazone groups is 1. The van der Waals surface area contributed by atoms with Gasteiger partial charge in [0, 0.05) is 4.88 Å². The minimum Gasteiger partial charge on any atom is -0.493 e. The molecule has 1 heterocycles. The zero-order chi connectivity index (χ0) is 30.2. The summed E-state index contributed by atoms with van der Waals surface area (Å²) in [5.41, 5.74) is 4.24. The zero-order valence-corrected chi connectivity index (χ0v) is 24.5. The molecule has 11 nitrogen and oxygen atoms in total. The third kappa shape index (κ3) is 7.13. The molecular weight excluding hydrogens is 562 g/mol. The van der Waals surface area contributed by atoms with Crippen LogP contribution in [0.4, 0.5) is 5.00 Å². The van der Waals surface area contributed by atoms with Gasteiger partial charge in [0.15, 0.2) is 11.5 Å². The molecule has 1 aromatic heterocycles. The van der Waals surface area contributed by atoms with Gasteiger partial charge in [0.1, 0.15) is 10.8 Å². The Hall–Kier alpha value is -4.71. The maximum atomic E-state index is 12.6. The van der Waals surface area contributed by atoms with Gasteiger partial charge in [-0.15, -0.1) is 11.3 Å². The van der Waals surface area contributed by atoms with Crippen LogP contribution in [-0.4, -0.2) is 50.8 Å². The Balaban J connectivity index is 1.34. The monoisotopic (exact) mass is 593 g/mol. The van der Waals surface area contributed by atoms with E-state index in [1.54, 1.807) is 43.3 Å². The molecule has 0 saturated carbocycles. The van der Waals surface area contributed by atoms with E-state index in [0.29, 0.717) is 45.7 Å². The number of amides is 2. The smallest absolute Gasteiger partial charge is 0.343 e. The van der Waals surface area contributed by atoms with Crippen molar-refractivity contribution in [2.45, 2.75) is 33.1 Å². The highest BCUT2D eigenvalue weighted by molar-refractivity contribution is 7.17. The van der Waals surface area contributed by atoms with Crippen molar-refractivity contribution in [2.75, 3.05) is 26.1 Å². The van der Waals surface area contributed by atoms with Gasteiger partial charge in [-0.1, -0.05) is 6.92 Å². The third-order valence-corrected chi connectivity index (χ3v) is 7.68. The standard InChI is InChI=1S/C30H31N3O8S/c1-5-40-30(37)25-21-12-6-17(2)14-24(21)42-28(25)32-26(34)27(35)33-31-16-18-7-10-20(11-8-18)41-29(36)19-9-13-22(38-3)23(15-19)39-4/h7-11,13,15-17H,5-6,12,14H2,1-4H3,(H,32,34)(H,33,35). The molecule has 1 aliphatic carbocycles. The van der Waals surface area contributed by atoms with E-state index >= 15 is 0 Å². The van der Waals surface area contributed by atoms with Gasteiger partial charge >= 0.3 is 23.8 Å². The predicted octanol–water partition coefficient (Wildman–Crippen LogP) is 4.37. The molecule has 1 atom stereocenters. The lowest BCUT2D eigenvalue weighted by molar-refractivity contribution is -0.136. The Labute approximate surface area is 246 Å². The van der Waals surface area contributed by atoms with E-state index in [0.717, 1.165) is 23.3 Å². The van der Waals surface area contributed by atoms with Crippen LogP contribution in [0, 0.1) is 5.92 Å². The molecule has 4 rings (SSSR count). The van der Waals surface area contributed by atoms with Crippen molar-refractivity contribution >= 4 is 46.3 Å². The summed E-state index contributed by atoms with van der Waals surface area (Å²) in [6, 6.07) is 11.1. The highest BCUT2D eigenvalue weighted by Gasteiger charge is 2.30. The first-order valence-electron chi connectivity index (χ1n) is 13.2. The molecule has 0 saturated heterocycles. The van der Waals surface area contributed by atoms with Crippen LogP contribution in [0.15, 0.2) is 47.6 Å². The summed E-state index contributed by atoms with van der Waals surface area (Å²) in [6.45, 7) is 4.04. The second-order valence-corrected chi connectivity index (χ2v) is 10.6. The lowest BCUT2D eigenvalue weighted by Crippen LogP contribution is -2.32. The number of rotatable bonds is 9. The molecule has 0 spiro atoms. The largest absolute Gasteiger partial charge is 0.493 e. The lowest BCUT2D eigenvalue weighted by Gasteiger charge is -2.18. The first-order valence-corrected chi connectivity index (χ1v) is 14.1. The Bertz CT molecular complexity index is 1510. The highest BCUT2D eigenvalue weighted by atomic mass is 32.1. The first-order chi connectivity index (χ1) is 20.2. The number of anilines is 1. The van der Waals surface area contributed by atoms with Gasteiger partial charge < -0.3 is 24.3 Å². The van der Waals surface area contributed by atoms with E-state index in [2.05, 4.69) is 22.8 Å². The van der Waals surface area contributed by atoms with Gasteiger partial charge in [-0.3, -0.25) is 9.59 Å². The molecule has 220 valence electrons. The summed E-state index contributed by atoms with van der Waals surface area (Å²) in [5, 5.41) is 6.69. The number of ether oxygens (including phenoxy) is 4. The predicted molar refractivity (Wildman–Crippen MR) is 157 cm³/mol. The van der Waals surface area contributed by atoms with Crippen LogP contribution in [0.5, 0.6) is 17.2 Å². The third-order valence-electron chi connectivity index (χ3n) is 6.51. The molecule has 1 unspecified atom stereocenters. The molecule has 0 bridgehead atoms. The summed E-state index contributed by atoms with van der Waals surface area (Å²) >= 11 is 1.29. The van der Waals surface area contributed by atoms with Crippen LogP contribution in [0.1, 0.15) is 57.0 Å². The van der Waals surface area contributed by atoms with Gasteiger partial charge in [0.25, 0.3) is 0 Å². The van der Waals surface area contributed by atoms with E-state index < -0.39 is 23.8 Å². The number of nitrogens with one attached hydrogen (secondary N) is 2. The molecule has 3 aromatic rings. The molecule has 2 amide bonds. The quantitative estimate of drug-likeness (QED) is 0.122. The number of thiophene rings is 1. The number of hydrogen-bond acceptors (Lipinski definition) is 10. The number of nitrogens with zero attached hydrogens (tertiary/aromatic N) is 1. The van der Waals surface area contributed by atoms with Crippen LogP contribution in [0.2, 0.25) is 0 Å². The molecule has 2 N–H and O–H groups in total. The van der Waals surface area contributed by atoms with Crippen LogP contribution in [0.3, 0.4) is 0 Å². The van der Waals surface area contributed by atoms with Crippen molar-refractivity contribution in [3.63, 3.8) is 0 Å². The van der Waals surface area contributed by atoms with Gasteiger partial charge in [-0.05, 0) is 85.7 Å². The normalized spacial score (nSPS) is 14.0. The van der Waals surface area contributed by atoms with Crippen molar-refractivity contribution in [3.05, 3.63) is 69.6 Å². The van der Waals surface area contributed by atoms with Gasteiger partial charge in [0.05, 0.1) is 38.2 Å². The Kier molecular flexibility index (Phi) is 9.92. The SMILES string of the molecule is CCOC(=O)c1c(NC(=O)C(=O)NN=Cc2ccc(OC(=O)c3ccc(OC)c(OC)c3)cc2)sc2c1CCC(C)C2. The van der Waals surface area contributed by atoms with E-state index in [1.807, 2.05) is 0 Å². The maximum Gasteiger partial charge on any atom is 0.343 e. The maximum absolute atomic E-state index is 12.6. The molecular formula is C30H31N3O8S. The fourth-order valence-corrected chi connectivity index (χ4v) is 5.78. The number of esters is 2. The molecule has 2 aromatic carbocycles. The van der Waals surface area contributed by atoms with E-state index in [4.69, 9.17) is 18.9 Å². The first kappa shape index (κ1) is 30.3. The number of carbonyl (C=O) groups excluding carboxylic acids is 4. The summed E-state index contributed by atoms with van der Waals surface area (Å²) in [6.07, 6.45) is 3.77. The number of benzene rings is 2. The second kappa shape index (κ2) is 13.8. The van der Waals surface area contributed by atoms with Crippen LogP contribution < -0.4 is 25.0 Å². The van der Waals surface area contributed by atoms with Gasteiger partial charge in [-0.2, -0.15) is 5.10 Å². The number of fused-ring (bicyclic) bond motifs is 1. The van der Waals surface area contributed by atoms with Crippen molar-refractivity contribution in [2.24, 2.45) is 11.0 Å². The molecule has 0 fully saturated rings. The summed E-state index contributed by atoms with van der Waals surface area (Å²) < 4.78 is 21.0.